The fourth-order valence-electron chi connectivity index (χ4n) is 1.13. The molecule has 0 amide bonds. The highest BCUT2D eigenvalue weighted by Crippen LogP contribution is 2.25. The van der Waals surface area contributed by atoms with Crippen LogP contribution in [0.25, 0.3) is 0 Å². The van der Waals surface area contributed by atoms with Crippen molar-refractivity contribution in [1.82, 2.24) is 0 Å². The lowest BCUT2D eigenvalue weighted by Crippen LogP contribution is -2.05. The zero-order valence-electron chi connectivity index (χ0n) is 7.90. The van der Waals surface area contributed by atoms with E-state index in [0.29, 0.717) is 11.3 Å². The summed E-state index contributed by atoms with van der Waals surface area (Å²) >= 11 is 0. The molecule has 1 aromatic rings. The number of rotatable bonds is 4. The molecule has 0 unspecified atom stereocenters. The number of halogens is 1. The minimum absolute atomic E-state index is 0.114. The highest BCUT2D eigenvalue weighted by molar-refractivity contribution is 5.35. The van der Waals surface area contributed by atoms with Gasteiger partial charge in [-0.2, -0.15) is 0 Å². The second-order valence-corrected chi connectivity index (χ2v) is 2.93. The summed E-state index contributed by atoms with van der Waals surface area (Å²) in [5.41, 5.74) is 0.387. The maximum Gasteiger partial charge on any atom is 0.125 e. The Hall–Kier alpha value is -1.13. The van der Waals surface area contributed by atoms with Gasteiger partial charge in [-0.05, 0) is 25.1 Å². The van der Waals surface area contributed by atoms with Gasteiger partial charge in [-0.1, -0.05) is 0 Å². The average Bonchev–Trinajstić information content (AvgIpc) is 2.15. The van der Waals surface area contributed by atoms with E-state index >= 15 is 0 Å². The molecule has 78 valence electrons. The largest absolute Gasteiger partial charge is 0.491 e. The number of aliphatic hydroxyl groups excluding tert-OH is 2. The maximum atomic E-state index is 12.8. The quantitative estimate of drug-likeness (QED) is 0.769. The molecular formula is C10H13FO3. The van der Waals surface area contributed by atoms with Gasteiger partial charge in [0.15, 0.2) is 0 Å². The highest BCUT2D eigenvalue weighted by Gasteiger charge is 2.10. The van der Waals surface area contributed by atoms with Crippen LogP contribution in [0.3, 0.4) is 0 Å². The molecule has 0 spiro atoms. The van der Waals surface area contributed by atoms with Crippen LogP contribution < -0.4 is 4.74 Å². The van der Waals surface area contributed by atoms with Crippen molar-refractivity contribution in [2.45, 2.75) is 13.0 Å². The first-order chi connectivity index (χ1) is 6.65. The zero-order valence-corrected chi connectivity index (χ0v) is 7.90. The fraction of sp³-hybridized carbons (Fsp3) is 0.400. The molecule has 3 nitrogen and oxygen atoms in total. The van der Waals surface area contributed by atoms with Gasteiger partial charge >= 0.3 is 0 Å². The lowest BCUT2D eigenvalue weighted by Gasteiger charge is -2.12. The van der Waals surface area contributed by atoms with E-state index in [1.807, 2.05) is 0 Å². The molecule has 0 saturated carbocycles. The molecule has 14 heavy (non-hydrogen) atoms. The number of ether oxygens (including phenoxy) is 1. The number of benzene rings is 1. The van der Waals surface area contributed by atoms with E-state index in [9.17, 15) is 9.50 Å². The van der Waals surface area contributed by atoms with Crippen LogP contribution in [0, 0.1) is 5.82 Å². The Morgan fingerprint density at radius 3 is 2.79 bits per heavy atom. The monoisotopic (exact) mass is 200 g/mol. The molecule has 1 rings (SSSR count). The average molecular weight is 200 g/mol. The van der Waals surface area contributed by atoms with Gasteiger partial charge in [0.2, 0.25) is 0 Å². The van der Waals surface area contributed by atoms with Crippen LogP contribution in [0.15, 0.2) is 18.2 Å². The van der Waals surface area contributed by atoms with E-state index in [0.717, 1.165) is 0 Å². The molecule has 0 fully saturated rings. The predicted molar refractivity (Wildman–Crippen MR) is 49.6 cm³/mol. The van der Waals surface area contributed by atoms with Crippen molar-refractivity contribution in [3.05, 3.63) is 29.6 Å². The third-order valence-corrected chi connectivity index (χ3v) is 1.77. The molecule has 0 aromatic heterocycles. The van der Waals surface area contributed by atoms with E-state index in [2.05, 4.69) is 0 Å². The Bertz CT molecular complexity index is 299. The summed E-state index contributed by atoms with van der Waals surface area (Å²) in [6.45, 7) is 1.54. The first-order valence-corrected chi connectivity index (χ1v) is 4.36. The Labute approximate surface area is 81.8 Å². The van der Waals surface area contributed by atoms with Crippen LogP contribution in [0.1, 0.15) is 18.6 Å². The molecule has 0 aliphatic heterocycles. The van der Waals surface area contributed by atoms with Gasteiger partial charge in [0, 0.05) is 5.56 Å². The molecule has 0 saturated heterocycles. The molecule has 2 N–H and O–H groups in total. The number of hydrogen-bond acceptors (Lipinski definition) is 3. The van der Waals surface area contributed by atoms with Crippen LogP contribution in [-0.4, -0.2) is 23.4 Å². The Morgan fingerprint density at radius 2 is 2.21 bits per heavy atom. The van der Waals surface area contributed by atoms with Crippen molar-refractivity contribution in [2.75, 3.05) is 13.2 Å². The summed E-state index contributed by atoms with van der Waals surface area (Å²) in [6.07, 6.45) is -0.792. The van der Waals surface area contributed by atoms with E-state index in [4.69, 9.17) is 9.84 Å². The fourth-order valence-corrected chi connectivity index (χ4v) is 1.13. The van der Waals surface area contributed by atoms with Crippen molar-refractivity contribution in [2.24, 2.45) is 0 Å². The van der Waals surface area contributed by atoms with Crippen molar-refractivity contribution in [1.29, 1.82) is 0 Å². The topological polar surface area (TPSA) is 49.7 Å². The molecule has 0 bridgehead atoms. The lowest BCUT2D eigenvalue weighted by atomic mass is 10.1. The minimum atomic E-state index is -0.792. The van der Waals surface area contributed by atoms with Crippen LogP contribution >= 0.6 is 0 Å². The summed E-state index contributed by atoms with van der Waals surface area (Å²) in [7, 11) is 0. The van der Waals surface area contributed by atoms with E-state index in [1.165, 1.54) is 25.1 Å². The van der Waals surface area contributed by atoms with Crippen LogP contribution in [-0.2, 0) is 0 Å². The van der Waals surface area contributed by atoms with Crippen LogP contribution in [0.4, 0.5) is 4.39 Å². The first kappa shape index (κ1) is 10.9. The van der Waals surface area contributed by atoms with Gasteiger partial charge in [-0.25, -0.2) is 4.39 Å². The molecular weight excluding hydrogens is 187 g/mol. The first-order valence-electron chi connectivity index (χ1n) is 4.36. The Balaban J connectivity index is 2.90. The Morgan fingerprint density at radius 1 is 1.50 bits per heavy atom. The second kappa shape index (κ2) is 4.93. The summed E-state index contributed by atoms with van der Waals surface area (Å²) in [5.74, 6) is -0.0206. The van der Waals surface area contributed by atoms with Crippen molar-refractivity contribution in [3.63, 3.8) is 0 Å². The van der Waals surface area contributed by atoms with Gasteiger partial charge < -0.3 is 14.9 Å². The molecule has 4 heteroatoms. The number of hydrogen-bond donors (Lipinski definition) is 2. The molecule has 1 aromatic carbocycles. The standard InChI is InChI=1S/C10H13FO3/c1-7(13)9-6-8(11)2-3-10(9)14-5-4-12/h2-3,6-7,12-13H,4-5H2,1H3/t7-/m1/s1. The predicted octanol–water partition coefficient (Wildman–Crippen LogP) is 1.25. The van der Waals surface area contributed by atoms with Gasteiger partial charge in [-0.3, -0.25) is 0 Å². The maximum absolute atomic E-state index is 12.8. The zero-order chi connectivity index (χ0) is 10.6. The van der Waals surface area contributed by atoms with Crippen LogP contribution in [0.5, 0.6) is 5.75 Å². The van der Waals surface area contributed by atoms with Crippen LogP contribution in [0.2, 0.25) is 0 Å². The molecule has 0 aliphatic rings. The van der Waals surface area contributed by atoms with Crippen molar-refractivity contribution in [3.8, 4) is 5.75 Å². The van der Waals surface area contributed by atoms with Crippen molar-refractivity contribution < 1.29 is 19.3 Å². The van der Waals surface area contributed by atoms with Gasteiger partial charge in [0.05, 0.1) is 12.7 Å². The highest BCUT2D eigenvalue weighted by atomic mass is 19.1. The van der Waals surface area contributed by atoms with E-state index < -0.39 is 11.9 Å². The minimum Gasteiger partial charge on any atom is -0.491 e. The summed E-state index contributed by atoms with van der Waals surface area (Å²) in [4.78, 5) is 0. The number of aliphatic hydroxyl groups is 2. The lowest BCUT2D eigenvalue weighted by molar-refractivity contribution is 0.176. The smallest absolute Gasteiger partial charge is 0.125 e. The third-order valence-electron chi connectivity index (χ3n) is 1.77. The van der Waals surface area contributed by atoms with Gasteiger partial charge in [-0.15, -0.1) is 0 Å². The van der Waals surface area contributed by atoms with E-state index in [1.54, 1.807) is 0 Å². The summed E-state index contributed by atoms with van der Waals surface area (Å²) in [6, 6.07) is 3.91. The SMILES string of the molecule is C[C@@H](O)c1cc(F)ccc1OCCO. The van der Waals surface area contributed by atoms with Crippen molar-refractivity contribution >= 4 is 0 Å². The molecule has 0 radical (unpaired) electrons. The third kappa shape index (κ3) is 2.68. The second-order valence-electron chi connectivity index (χ2n) is 2.93. The van der Waals surface area contributed by atoms with Gasteiger partial charge in [0.25, 0.3) is 0 Å². The normalized spacial score (nSPS) is 12.6. The summed E-state index contributed by atoms with van der Waals surface area (Å²) in [5, 5.41) is 17.9. The molecule has 1 atom stereocenters. The molecule has 0 aliphatic carbocycles. The van der Waals surface area contributed by atoms with Gasteiger partial charge in [0.1, 0.15) is 18.2 Å². The van der Waals surface area contributed by atoms with E-state index in [-0.39, 0.29) is 13.2 Å². The molecule has 0 heterocycles. The summed E-state index contributed by atoms with van der Waals surface area (Å²) < 4.78 is 17.9. The Kier molecular flexibility index (Phi) is 3.85.